The van der Waals surface area contributed by atoms with Crippen molar-refractivity contribution in [2.45, 2.75) is 12.8 Å². The molecule has 0 saturated carbocycles. The molecule has 0 unspecified atom stereocenters. The molecule has 0 fully saturated rings. The molecule has 1 aliphatic heterocycles. The maximum atomic E-state index is 13.2. The van der Waals surface area contributed by atoms with Crippen molar-refractivity contribution >= 4 is 23.2 Å². The van der Waals surface area contributed by atoms with Crippen LogP contribution in [-0.2, 0) is 11.2 Å². The Labute approximate surface area is 79.7 Å². The average molecular weight is 200 g/mol. The topological polar surface area (TPSA) is 29.1 Å². The van der Waals surface area contributed by atoms with E-state index in [1.165, 1.54) is 12.1 Å². The number of rotatable bonds is 0. The van der Waals surface area contributed by atoms with Gasteiger partial charge in [-0.25, -0.2) is 4.39 Å². The maximum absolute atomic E-state index is 13.2. The van der Waals surface area contributed by atoms with Crippen molar-refractivity contribution in [1.82, 2.24) is 0 Å². The third-order valence-electron chi connectivity index (χ3n) is 2.07. The van der Waals surface area contributed by atoms with Gasteiger partial charge in [0.2, 0.25) is 5.91 Å². The zero-order chi connectivity index (χ0) is 9.42. The van der Waals surface area contributed by atoms with Gasteiger partial charge in [-0.2, -0.15) is 0 Å². The van der Waals surface area contributed by atoms with E-state index in [4.69, 9.17) is 11.6 Å². The number of benzene rings is 1. The lowest BCUT2D eigenvalue weighted by molar-refractivity contribution is -0.116. The van der Waals surface area contributed by atoms with Crippen molar-refractivity contribution in [3.8, 4) is 0 Å². The Morgan fingerprint density at radius 3 is 2.92 bits per heavy atom. The lowest BCUT2D eigenvalue weighted by Gasteiger charge is -2.18. The van der Waals surface area contributed by atoms with E-state index in [2.05, 4.69) is 5.32 Å². The lowest BCUT2D eigenvalue weighted by atomic mass is 10.0. The first-order valence-corrected chi connectivity index (χ1v) is 4.33. The van der Waals surface area contributed by atoms with Gasteiger partial charge in [0, 0.05) is 11.4 Å². The number of halogens is 2. The normalized spacial score (nSPS) is 15.1. The molecule has 1 aromatic carbocycles. The van der Waals surface area contributed by atoms with E-state index in [-0.39, 0.29) is 11.6 Å². The van der Waals surface area contributed by atoms with Gasteiger partial charge in [0.15, 0.2) is 0 Å². The second-order valence-electron chi connectivity index (χ2n) is 2.93. The quantitative estimate of drug-likeness (QED) is 0.683. The summed E-state index contributed by atoms with van der Waals surface area (Å²) in [6.45, 7) is 0. The van der Waals surface area contributed by atoms with Crippen LogP contribution in [0.4, 0.5) is 10.1 Å². The standard InChI is InChI=1S/C9H7ClFNO/c10-6-2-3-7(11)9-5(6)1-4-8(13)12-9/h2-3H,1,4H2,(H,12,13). The minimum atomic E-state index is -0.424. The summed E-state index contributed by atoms with van der Waals surface area (Å²) in [7, 11) is 0. The van der Waals surface area contributed by atoms with Crippen LogP contribution in [0.1, 0.15) is 12.0 Å². The Morgan fingerprint density at radius 1 is 1.38 bits per heavy atom. The SMILES string of the molecule is O=C1CCc2c(Cl)ccc(F)c2N1. The highest BCUT2D eigenvalue weighted by Crippen LogP contribution is 2.31. The summed E-state index contributed by atoms with van der Waals surface area (Å²) in [5.74, 6) is -0.582. The Hall–Kier alpha value is -1.09. The Kier molecular flexibility index (Phi) is 1.96. The van der Waals surface area contributed by atoms with Gasteiger partial charge in [0.25, 0.3) is 0 Å². The lowest BCUT2D eigenvalue weighted by Crippen LogP contribution is -2.20. The number of fused-ring (bicyclic) bond motifs is 1. The fraction of sp³-hybridized carbons (Fsp3) is 0.222. The van der Waals surface area contributed by atoms with Crippen LogP contribution < -0.4 is 5.32 Å². The van der Waals surface area contributed by atoms with E-state index in [1.54, 1.807) is 0 Å². The molecule has 68 valence electrons. The molecule has 13 heavy (non-hydrogen) atoms. The third kappa shape index (κ3) is 1.40. The zero-order valence-electron chi connectivity index (χ0n) is 6.73. The first kappa shape index (κ1) is 8.51. The van der Waals surface area contributed by atoms with Gasteiger partial charge in [-0.15, -0.1) is 0 Å². The predicted octanol–water partition coefficient (Wildman–Crippen LogP) is 2.36. The van der Waals surface area contributed by atoms with Crippen molar-refractivity contribution in [2.24, 2.45) is 0 Å². The van der Waals surface area contributed by atoms with Gasteiger partial charge in [0.1, 0.15) is 5.82 Å². The van der Waals surface area contributed by atoms with Gasteiger partial charge in [-0.05, 0) is 24.1 Å². The average Bonchev–Trinajstić information content (AvgIpc) is 2.12. The van der Waals surface area contributed by atoms with Gasteiger partial charge in [-0.1, -0.05) is 11.6 Å². The smallest absolute Gasteiger partial charge is 0.224 e. The van der Waals surface area contributed by atoms with Crippen LogP contribution in [0.3, 0.4) is 0 Å². The molecule has 0 aliphatic carbocycles. The van der Waals surface area contributed by atoms with Crippen molar-refractivity contribution in [1.29, 1.82) is 0 Å². The van der Waals surface area contributed by atoms with Gasteiger partial charge >= 0.3 is 0 Å². The highest BCUT2D eigenvalue weighted by Gasteiger charge is 2.20. The Bertz CT molecular complexity index is 378. The summed E-state index contributed by atoms with van der Waals surface area (Å²) >= 11 is 5.84. The second-order valence-corrected chi connectivity index (χ2v) is 3.34. The molecule has 0 atom stereocenters. The minimum absolute atomic E-state index is 0.159. The molecular weight excluding hydrogens is 193 g/mol. The van der Waals surface area contributed by atoms with E-state index in [1.807, 2.05) is 0 Å². The second kappa shape index (κ2) is 3.00. The van der Waals surface area contributed by atoms with E-state index in [0.29, 0.717) is 23.4 Å². The first-order chi connectivity index (χ1) is 6.18. The fourth-order valence-electron chi connectivity index (χ4n) is 1.41. The summed E-state index contributed by atoms with van der Waals surface area (Å²) in [4.78, 5) is 11.0. The van der Waals surface area contributed by atoms with E-state index < -0.39 is 5.82 Å². The van der Waals surface area contributed by atoms with Gasteiger partial charge < -0.3 is 5.32 Å². The molecular formula is C9H7ClFNO. The number of hydrogen-bond acceptors (Lipinski definition) is 1. The highest BCUT2D eigenvalue weighted by molar-refractivity contribution is 6.32. The molecule has 0 radical (unpaired) electrons. The van der Waals surface area contributed by atoms with E-state index in [0.717, 1.165) is 0 Å². The highest BCUT2D eigenvalue weighted by atomic mass is 35.5. The molecule has 1 aromatic rings. The number of hydrogen-bond donors (Lipinski definition) is 1. The summed E-state index contributed by atoms with van der Waals surface area (Å²) in [5, 5.41) is 2.98. The van der Waals surface area contributed by atoms with E-state index in [9.17, 15) is 9.18 Å². The fourth-order valence-corrected chi connectivity index (χ4v) is 1.67. The summed E-state index contributed by atoms with van der Waals surface area (Å²) < 4.78 is 13.2. The van der Waals surface area contributed by atoms with Crippen LogP contribution in [0.15, 0.2) is 12.1 Å². The van der Waals surface area contributed by atoms with E-state index >= 15 is 0 Å². The predicted molar refractivity (Wildman–Crippen MR) is 48.4 cm³/mol. The largest absolute Gasteiger partial charge is 0.323 e. The molecule has 1 heterocycles. The number of amides is 1. The summed E-state index contributed by atoms with van der Waals surface area (Å²) in [5.41, 5.74) is 0.935. The summed E-state index contributed by atoms with van der Waals surface area (Å²) in [6.07, 6.45) is 0.883. The molecule has 1 aliphatic rings. The molecule has 0 saturated heterocycles. The molecule has 0 aromatic heterocycles. The van der Waals surface area contributed by atoms with Crippen molar-refractivity contribution in [2.75, 3.05) is 5.32 Å². The molecule has 1 amide bonds. The number of anilines is 1. The third-order valence-corrected chi connectivity index (χ3v) is 2.43. The number of carbonyl (C=O) groups excluding carboxylic acids is 1. The van der Waals surface area contributed by atoms with Crippen LogP contribution in [0.25, 0.3) is 0 Å². The van der Waals surface area contributed by atoms with Crippen LogP contribution in [0.5, 0.6) is 0 Å². The molecule has 4 heteroatoms. The van der Waals surface area contributed by atoms with Crippen LogP contribution in [-0.4, -0.2) is 5.91 Å². The molecule has 0 spiro atoms. The zero-order valence-corrected chi connectivity index (χ0v) is 7.49. The van der Waals surface area contributed by atoms with Gasteiger partial charge in [-0.3, -0.25) is 4.79 Å². The molecule has 1 N–H and O–H groups in total. The van der Waals surface area contributed by atoms with Crippen molar-refractivity contribution in [3.05, 3.63) is 28.5 Å². The molecule has 2 nitrogen and oxygen atoms in total. The minimum Gasteiger partial charge on any atom is -0.323 e. The van der Waals surface area contributed by atoms with Crippen molar-refractivity contribution < 1.29 is 9.18 Å². The molecule has 2 rings (SSSR count). The Balaban J connectivity index is 2.57. The first-order valence-electron chi connectivity index (χ1n) is 3.95. The maximum Gasteiger partial charge on any atom is 0.224 e. The van der Waals surface area contributed by atoms with Crippen LogP contribution in [0, 0.1) is 5.82 Å². The van der Waals surface area contributed by atoms with Gasteiger partial charge in [0.05, 0.1) is 5.69 Å². The molecule has 0 bridgehead atoms. The Morgan fingerprint density at radius 2 is 2.15 bits per heavy atom. The number of carbonyl (C=O) groups is 1. The van der Waals surface area contributed by atoms with Crippen LogP contribution >= 0.6 is 11.6 Å². The monoisotopic (exact) mass is 199 g/mol. The van der Waals surface area contributed by atoms with Crippen LogP contribution in [0.2, 0.25) is 5.02 Å². The number of nitrogens with one attached hydrogen (secondary N) is 1. The van der Waals surface area contributed by atoms with Crippen molar-refractivity contribution in [3.63, 3.8) is 0 Å². The summed E-state index contributed by atoms with van der Waals surface area (Å²) in [6, 6.07) is 2.76.